The third kappa shape index (κ3) is 2.03. The van der Waals surface area contributed by atoms with Gasteiger partial charge in [0.05, 0.1) is 17.1 Å². The van der Waals surface area contributed by atoms with Gasteiger partial charge in [-0.3, -0.25) is 4.79 Å². The number of aromatic nitrogens is 2. The quantitative estimate of drug-likeness (QED) is 0.926. The molecule has 0 atom stereocenters. The minimum absolute atomic E-state index is 0.0686. The summed E-state index contributed by atoms with van der Waals surface area (Å²) < 4.78 is 0. The van der Waals surface area contributed by atoms with E-state index in [9.17, 15) is 4.79 Å². The highest BCUT2D eigenvalue weighted by Crippen LogP contribution is 2.46. The topological polar surface area (TPSA) is 72.8 Å². The highest BCUT2D eigenvalue weighted by molar-refractivity contribution is 5.88. The van der Waals surface area contributed by atoms with E-state index in [2.05, 4.69) is 16.0 Å². The fourth-order valence-electron chi connectivity index (χ4n) is 2.49. The molecule has 1 heterocycles. The summed E-state index contributed by atoms with van der Waals surface area (Å²) in [5.74, 6) is 0.809. The molecule has 0 radical (unpaired) electrons. The van der Waals surface area contributed by atoms with E-state index in [-0.39, 0.29) is 5.91 Å². The molecule has 20 heavy (non-hydrogen) atoms. The number of nitrogens with zero attached hydrogens (tertiary/aromatic N) is 3. The average molecular weight is 268 g/mol. The van der Waals surface area contributed by atoms with E-state index in [0.717, 1.165) is 22.4 Å². The fourth-order valence-corrected chi connectivity index (χ4v) is 2.49. The van der Waals surface area contributed by atoms with E-state index in [1.54, 1.807) is 11.9 Å². The molecule has 1 amide bonds. The molecule has 2 aromatic rings. The molecule has 1 saturated carbocycles. The minimum atomic E-state index is -0.747. The molecule has 3 rings (SSSR count). The Morgan fingerprint density at radius 1 is 1.55 bits per heavy atom. The number of hydrogen-bond acceptors (Lipinski definition) is 3. The molecule has 1 aliphatic rings. The number of nitriles is 1. The van der Waals surface area contributed by atoms with E-state index < -0.39 is 5.41 Å². The number of carbonyl (C=O) groups is 1. The van der Waals surface area contributed by atoms with E-state index in [4.69, 9.17) is 5.26 Å². The van der Waals surface area contributed by atoms with Crippen LogP contribution in [0, 0.1) is 23.7 Å². The molecule has 1 N–H and O–H groups in total. The van der Waals surface area contributed by atoms with Crippen LogP contribution in [0.25, 0.3) is 11.0 Å². The third-order valence-corrected chi connectivity index (χ3v) is 3.80. The van der Waals surface area contributed by atoms with Crippen LogP contribution in [0.4, 0.5) is 0 Å². The van der Waals surface area contributed by atoms with Crippen LogP contribution in [-0.2, 0) is 11.3 Å². The lowest BCUT2D eigenvalue weighted by atomic mass is 10.1. The molecule has 102 valence electrons. The number of rotatable bonds is 3. The van der Waals surface area contributed by atoms with Crippen molar-refractivity contribution in [2.45, 2.75) is 26.3 Å². The first-order valence-electron chi connectivity index (χ1n) is 6.66. The molecule has 0 unspecified atom stereocenters. The van der Waals surface area contributed by atoms with Crippen molar-refractivity contribution in [3.63, 3.8) is 0 Å². The highest BCUT2D eigenvalue weighted by atomic mass is 16.2. The maximum absolute atomic E-state index is 12.2. The number of benzene rings is 1. The van der Waals surface area contributed by atoms with Gasteiger partial charge in [0, 0.05) is 13.6 Å². The Hall–Kier alpha value is -2.35. The smallest absolute Gasteiger partial charge is 0.243 e. The van der Waals surface area contributed by atoms with Gasteiger partial charge in [-0.2, -0.15) is 5.26 Å². The second-order valence-electron chi connectivity index (χ2n) is 5.53. The second-order valence-corrected chi connectivity index (χ2v) is 5.53. The van der Waals surface area contributed by atoms with Gasteiger partial charge in [0.15, 0.2) is 0 Å². The van der Waals surface area contributed by atoms with Crippen LogP contribution in [0.2, 0.25) is 0 Å². The Morgan fingerprint density at radius 3 is 2.95 bits per heavy atom. The van der Waals surface area contributed by atoms with Gasteiger partial charge >= 0.3 is 0 Å². The summed E-state index contributed by atoms with van der Waals surface area (Å²) in [5.41, 5.74) is 2.19. The van der Waals surface area contributed by atoms with Crippen molar-refractivity contribution in [3.05, 3.63) is 29.6 Å². The summed E-state index contributed by atoms with van der Waals surface area (Å²) in [5, 5.41) is 9.08. The van der Waals surface area contributed by atoms with Crippen LogP contribution in [0.5, 0.6) is 0 Å². The minimum Gasteiger partial charge on any atom is -0.342 e. The fraction of sp³-hybridized carbons (Fsp3) is 0.400. The first-order chi connectivity index (χ1) is 9.54. The molecular weight excluding hydrogens is 252 g/mol. The first-order valence-corrected chi connectivity index (χ1v) is 6.66. The van der Waals surface area contributed by atoms with Crippen molar-refractivity contribution in [3.8, 4) is 6.07 Å². The van der Waals surface area contributed by atoms with E-state index in [0.29, 0.717) is 19.4 Å². The Bertz CT molecular complexity index is 721. The second kappa shape index (κ2) is 4.34. The molecule has 1 fully saturated rings. The van der Waals surface area contributed by atoms with Crippen LogP contribution in [-0.4, -0.2) is 27.8 Å². The zero-order chi connectivity index (χ0) is 14.3. The standard InChI is InChI=1S/C15H16N4O/c1-10-17-12-4-3-11(7-13(12)18-10)8-19(2)14(20)15(9-16)5-6-15/h3-4,7H,5-6,8H2,1-2H3,(H,17,18). The molecule has 0 spiro atoms. The number of amides is 1. The van der Waals surface area contributed by atoms with Gasteiger partial charge < -0.3 is 9.88 Å². The van der Waals surface area contributed by atoms with Crippen LogP contribution < -0.4 is 0 Å². The van der Waals surface area contributed by atoms with E-state index in [1.807, 2.05) is 25.1 Å². The normalized spacial score (nSPS) is 15.8. The Kier molecular flexibility index (Phi) is 2.75. The molecular formula is C15H16N4O. The van der Waals surface area contributed by atoms with Crippen molar-refractivity contribution in [1.29, 1.82) is 5.26 Å². The highest BCUT2D eigenvalue weighted by Gasteiger charge is 2.51. The van der Waals surface area contributed by atoms with E-state index in [1.165, 1.54) is 0 Å². The van der Waals surface area contributed by atoms with E-state index >= 15 is 0 Å². The molecule has 0 saturated heterocycles. The lowest BCUT2D eigenvalue weighted by Gasteiger charge is -2.19. The van der Waals surface area contributed by atoms with Crippen LogP contribution in [0.3, 0.4) is 0 Å². The third-order valence-electron chi connectivity index (χ3n) is 3.80. The van der Waals surface area contributed by atoms with Crippen molar-refractivity contribution < 1.29 is 4.79 Å². The predicted molar refractivity (Wildman–Crippen MR) is 74.6 cm³/mol. The lowest BCUT2D eigenvalue weighted by molar-refractivity contribution is -0.134. The summed E-state index contributed by atoms with van der Waals surface area (Å²) in [6.45, 7) is 2.43. The zero-order valence-electron chi connectivity index (χ0n) is 11.6. The maximum atomic E-state index is 12.2. The summed E-state index contributed by atoms with van der Waals surface area (Å²) in [6.07, 6.45) is 1.37. The number of carbonyl (C=O) groups excluding carboxylic acids is 1. The number of aryl methyl sites for hydroxylation is 1. The summed E-state index contributed by atoms with van der Waals surface area (Å²) in [6, 6.07) is 8.07. The van der Waals surface area contributed by atoms with Gasteiger partial charge in [0.1, 0.15) is 11.2 Å². The Morgan fingerprint density at radius 2 is 2.30 bits per heavy atom. The monoisotopic (exact) mass is 268 g/mol. The molecule has 1 aromatic heterocycles. The summed E-state index contributed by atoms with van der Waals surface area (Å²) in [7, 11) is 1.75. The average Bonchev–Trinajstić information content (AvgIpc) is 3.14. The first kappa shape index (κ1) is 12.7. The maximum Gasteiger partial charge on any atom is 0.243 e. The van der Waals surface area contributed by atoms with Crippen LogP contribution in [0.15, 0.2) is 18.2 Å². The summed E-state index contributed by atoms with van der Waals surface area (Å²) in [4.78, 5) is 21.4. The molecule has 1 aromatic carbocycles. The number of nitrogens with one attached hydrogen (secondary N) is 1. The van der Waals surface area contributed by atoms with Crippen LogP contribution in [0.1, 0.15) is 24.2 Å². The number of fused-ring (bicyclic) bond motifs is 1. The number of hydrogen-bond donors (Lipinski definition) is 1. The largest absolute Gasteiger partial charge is 0.342 e. The van der Waals surface area contributed by atoms with Gasteiger partial charge in [-0.05, 0) is 37.5 Å². The Labute approximate surface area is 117 Å². The van der Waals surface area contributed by atoms with Gasteiger partial charge in [0.2, 0.25) is 5.91 Å². The van der Waals surface area contributed by atoms with Gasteiger partial charge in [0.25, 0.3) is 0 Å². The molecule has 0 aliphatic heterocycles. The number of H-pyrrole nitrogens is 1. The lowest BCUT2D eigenvalue weighted by Crippen LogP contribution is -2.32. The number of imidazole rings is 1. The Balaban J connectivity index is 1.79. The molecule has 5 nitrogen and oxygen atoms in total. The van der Waals surface area contributed by atoms with Gasteiger partial charge in [-0.15, -0.1) is 0 Å². The van der Waals surface area contributed by atoms with Crippen molar-refractivity contribution >= 4 is 16.9 Å². The number of aromatic amines is 1. The zero-order valence-corrected chi connectivity index (χ0v) is 11.6. The van der Waals surface area contributed by atoms with Gasteiger partial charge in [-0.25, -0.2) is 4.98 Å². The van der Waals surface area contributed by atoms with Gasteiger partial charge in [-0.1, -0.05) is 6.07 Å². The molecule has 5 heteroatoms. The predicted octanol–water partition coefficient (Wildman–Crippen LogP) is 2.13. The van der Waals surface area contributed by atoms with Crippen molar-refractivity contribution in [2.75, 3.05) is 7.05 Å². The summed E-state index contributed by atoms with van der Waals surface area (Å²) >= 11 is 0. The van der Waals surface area contributed by atoms with Crippen LogP contribution >= 0.6 is 0 Å². The SMILES string of the molecule is Cc1nc2ccc(CN(C)C(=O)C3(C#N)CC3)cc2[nH]1. The van der Waals surface area contributed by atoms with Crippen molar-refractivity contribution in [2.24, 2.45) is 5.41 Å². The van der Waals surface area contributed by atoms with Crippen molar-refractivity contribution in [1.82, 2.24) is 14.9 Å². The molecule has 1 aliphatic carbocycles. The molecule has 0 bridgehead atoms.